The van der Waals surface area contributed by atoms with Gasteiger partial charge in [0.15, 0.2) is 5.78 Å². The third-order valence-electron chi connectivity index (χ3n) is 2.42. The molecule has 0 radical (unpaired) electrons. The summed E-state index contributed by atoms with van der Waals surface area (Å²) in [5, 5.41) is 0. The van der Waals surface area contributed by atoms with Gasteiger partial charge in [0.25, 0.3) is 0 Å². The molecule has 1 aromatic carbocycles. The van der Waals surface area contributed by atoms with Crippen molar-refractivity contribution in [3.05, 3.63) is 34.1 Å². The van der Waals surface area contributed by atoms with E-state index >= 15 is 0 Å². The van der Waals surface area contributed by atoms with Gasteiger partial charge in [0.2, 0.25) is 0 Å². The smallest absolute Gasteiger partial charge is 0.164 e. The molecule has 0 atom stereocenters. The molecule has 0 N–H and O–H groups in total. The van der Waals surface area contributed by atoms with Crippen LogP contribution in [0.15, 0.2) is 22.7 Å². The van der Waals surface area contributed by atoms with Gasteiger partial charge in [0.05, 0.1) is 4.47 Å². The molecule has 0 aliphatic heterocycles. The topological polar surface area (TPSA) is 17.1 Å². The first-order chi connectivity index (χ1) is 6.68. The fourth-order valence-electron chi connectivity index (χ4n) is 1.41. The van der Waals surface area contributed by atoms with E-state index in [1.807, 2.05) is 0 Å². The number of rotatable bonds is 3. The van der Waals surface area contributed by atoms with Crippen molar-refractivity contribution in [2.24, 2.45) is 5.92 Å². The van der Waals surface area contributed by atoms with Gasteiger partial charge in [-0.3, -0.25) is 4.79 Å². The van der Waals surface area contributed by atoms with Gasteiger partial charge in [-0.05, 0) is 40.8 Å². The Morgan fingerprint density at radius 2 is 2.21 bits per heavy atom. The summed E-state index contributed by atoms with van der Waals surface area (Å²) in [6, 6.07) is 4.58. The number of ketones is 1. The highest BCUT2D eigenvalue weighted by molar-refractivity contribution is 9.10. The molecule has 0 unspecified atom stereocenters. The van der Waals surface area contributed by atoms with Crippen LogP contribution in [0, 0.1) is 11.7 Å². The summed E-state index contributed by atoms with van der Waals surface area (Å²) in [7, 11) is 0. The molecular formula is C11H10BrFO. The first-order valence-corrected chi connectivity index (χ1v) is 5.45. The molecule has 0 amide bonds. The van der Waals surface area contributed by atoms with E-state index in [1.54, 1.807) is 12.1 Å². The van der Waals surface area contributed by atoms with Crippen LogP contribution in [-0.2, 0) is 0 Å². The van der Waals surface area contributed by atoms with Gasteiger partial charge in [0, 0.05) is 12.0 Å². The normalized spacial score (nSPS) is 15.6. The Balaban J connectivity index is 2.21. The maximum absolute atomic E-state index is 13.1. The van der Waals surface area contributed by atoms with Gasteiger partial charge in [-0.15, -0.1) is 0 Å². The van der Waals surface area contributed by atoms with E-state index in [-0.39, 0.29) is 11.6 Å². The summed E-state index contributed by atoms with van der Waals surface area (Å²) < 4.78 is 13.4. The summed E-state index contributed by atoms with van der Waals surface area (Å²) in [6.07, 6.45) is 2.83. The summed E-state index contributed by atoms with van der Waals surface area (Å²) >= 11 is 3.10. The third-order valence-corrected chi connectivity index (χ3v) is 3.23. The van der Waals surface area contributed by atoms with Crippen molar-refractivity contribution in [3.63, 3.8) is 0 Å². The minimum Gasteiger partial charge on any atom is -0.294 e. The predicted molar refractivity (Wildman–Crippen MR) is 55.8 cm³/mol. The predicted octanol–water partition coefficient (Wildman–Crippen LogP) is 3.57. The van der Waals surface area contributed by atoms with Crippen LogP contribution >= 0.6 is 15.9 Å². The number of halogens is 2. The number of Topliss-reactive ketones (excluding diaryl/α,β-unsaturated/α-hetero) is 1. The van der Waals surface area contributed by atoms with Gasteiger partial charge in [-0.2, -0.15) is 0 Å². The van der Waals surface area contributed by atoms with Gasteiger partial charge in [0.1, 0.15) is 5.82 Å². The van der Waals surface area contributed by atoms with Crippen LogP contribution in [0.4, 0.5) is 4.39 Å². The lowest BCUT2D eigenvalue weighted by molar-refractivity contribution is 0.0975. The molecule has 0 bridgehead atoms. The lowest BCUT2D eigenvalue weighted by Gasteiger charge is -2.03. The van der Waals surface area contributed by atoms with E-state index in [1.165, 1.54) is 6.07 Å². The van der Waals surface area contributed by atoms with Gasteiger partial charge >= 0.3 is 0 Å². The second-order valence-corrected chi connectivity index (χ2v) is 4.47. The van der Waals surface area contributed by atoms with Crippen molar-refractivity contribution >= 4 is 21.7 Å². The first-order valence-electron chi connectivity index (χ1n) is 4.65. The van der Waals surface area contributed by atoms with Gasteiger partial charge in [-0.25, -0.2) is 4.39 Å². The Morgan fingerprint density at radius 1 is 1.50 bits per heavy atom. The van der Waals surface area contributed by atoms with Gasteiger partial charge in [-0.1, -0.05) is 12.1 Å². The molecule has 1 nitrogen and oxygen atoms in total. The molecule has 1 aromatic rings. The summed E-state index contributed by atoms with van der Waals surface area (Å²) in [4.78, 5) is 11.7. The summed E-state index contributed by atoms with van der Waals surface area (Å²) in [5.41, 5.74) is 0.469. The maximum Gasteiger partial charge on any atom is 0.164 e. The molecule has 0 spiro atoms. The standard InChI is InChI=1S/C11H10BrFO/c12-11-8(2-1-3-9(11)13)10(14)6-7-4-5-7/h1-3,7H,4-6H2. The van der Waals surface area contributed by atoms with Crippen LogP contribution in [0.2, 0.25) is 0 Å². The summed E-state index contributed by atoms with van der Waals surface area (Å²) in [5.74, 6) is 0.211. The second-order valence-electron chi connectivity index (χ2n) is 3.67. The molecule has 0 heterocycles. The van der Waals surface area contributed by atoms with Crippen LogP contribution in [0.25, 0.3) is 0 Å². The minimum absolute atomic E-state index is 0.0406. The zero-order valence-corrected chi connectivity index (χ0v) is 9.18. The van der Waals surface area contributed by atoms with E-state index in [2.05, 4.69) is 15.9 Å². The fraction of sp³-hybridized carbons (Fsp3) is 0.364. The molecule has 0 aromatic heterocycles. The van der Waals surface area contributed by atoms with Crippen molar-refractivity contribution < 1.29 is 9.18 Å². The Morgan fingerprint density at radius 3 is 2.86 bits per heavy atom. The van der Waals surface area contributed by atoms with Crippen molar-refractivity contribution in [2.75, 3.05) is 0 Å². The van der Waals surface area contributed by atoms with Crippen molar-refractivity contribution in [1.82, 2.24) is 0 Å². The monoisotopic (exact) mass is 256 g/mol. The average Bonchev–Trinajstić information content (AvgIpc) is 2.93. The quantitative estimate of drug-likeness (QED) is 0.756. The highest BCUT2D eigenvalue weighted by Gasteiger charge is 2.26. The van der Waals surface area contributed by atoms with Crippen molar-refractivity contribution in [2.45, 2.75) is 19.3 Å². The Kier molecular flexibility index (Phi) is 2.68. The first kappa shape index (κ1) is 9.84. The van der Waals surface area contributed by atoms with E-state index < -0.39 is 0 Å². The van der Waals surface area contributed by atoms with Gasteiger partial charge < -0.3 is 0 Å². The molecule has 14 heavy (non-hydrogen) atoms. The molecule has 1 aliphatic carbocycles. The largest absolute Gasteiger partial charge is 0.294 e. The summed E-state index contributed by atoms with van der Waals surface area (Å²) in [6.45, 7) is 0. The Bertz CT molecular complexity index is 372. The SMILES string of the molecule is O=C(CC1CC1)c1cccc(F)c1Br. The highest BCUT2D eigenvalue weighted by Crippen LogP contribution is 2.34. The molecule has 3 heteroatoms. The zero-order chi connectivity index (χ0) is 10.1. The average molecular weight is 257 g/mol. The van der Waals surface area contributed by atoms with Crippen LogP contribution < -0.4 is 0 Å². The van der Waals surface area contributed by atoms with E-state index in [9.17, 15) is 9.18 Å². The van der Waals surface area contributed by atoms with E-state index in [0.29, 0.717) is 22.4 Å². The molecule has 1 aliphatic rings. The number of hydrogen-bond acceptors (Lipinski definition) is 1. The zero-order valence-electron chi connectivity index (χ0n) is 7.59. The molecule has 1 saturated carbocycles. The molecule has 74 valence electrons. The van der Waals surface area contributed by atoms with Crippen LogP contribution in [0.1, 0.15) is 29.6 Å². The third kappa shape index (κ3) is 2.03. The Hall–Kier alpha value is -0.700. The molecule has 1 fully saturated rings. The minimum atomic E-state index is -0.369. The van der Waals surface area contributed by atoms with E-state index in [4.69, 9.17) is 0 Å². The van der Waals surface area contributed by atoms with Crippen molar-refractivity contribution in [1.29, 1.82) is 0 Å². The second kappa shape index (κ2) is 3.81. The molecule has 2 rings (SSSR count). The lowest BCUT2D eigenvalue weighted by Crippen LogP contribution is -2.02. The number of hydrogen-bond donors (Lipinski definition) is 0. The lowest BCUT2D eigenvalue weighted by atomic mass is 10.1. The highest BCUT2D eigenvalue weighted by atomic mass is 79.9. The van der Waals surface area contributed by atoms with E-state index in [0.717, 1.165) is 12.8 Å². The number of carbonyl (C=O) groups excluding carboxylic acids is 1. The van der Waals surface area contributed by atoms with Crippen LogP contribution in [0.5, 0.6) is 0 Å². The van der Waals surface area contributed by atoms with Crippen LogP contribution in [0.3, 0.4) is 0 Å². The van der Waals surface area contributed by atoms with Crippen molar-refractivity contribution in [3.8, 4) is 0 Å². The van der Waals surface area contributed by atoms with Crippen LogP contribution in [-0.4, -0.2) is 5.78 Å². The molecular weight excluding hydrogens is 247 g/mol. The molecule has 0 saturated heterocycles. The maximum atomic E-state index is 13.1. The fourth-order valence-corrected chi connectivity index (χ4v) is 1.90. The Labute approximate surface area is 90.4 Å². The number of benzene rings is 1. The number of carbonyl (C=O) groups is 1.